The van der Waals surface area contributed by atoms with Gasteiger partial charge in [-0.25, -0.2) is 0 Å². The predicted octanol–water partition coefficient (Wildman–Crippen LogP) is 0.556. The zero-order chi connectivity index (χ0) is 12.1. The Morgan fingerprint density at radius 1 is 1.47 bits per heavy atom. The maximum Gasteiger partial charge on any atom is 0.234 e. The molecule has 0 bridgehead atoms. The van der Waals surface area contributed by atoms with Gasteiger partial charge < -0.3 is 10.6 Å². The zero-order valence-electron chi connectivity index (χ0n) is 9.57. The van der Waals surface area contributed by atoms with Gasteiger partial charge >= 0.3 is 0 Å². The molecule has 0 heterocycles. The summed E-state index contributed by atoms with van der Waals surface area (Å²) >= 11 is 0. The Labute approximate surface area is 101 Å². The molecule has 4 nitrogen and oxygen atoms in total. The van der Waals surface area contributed by atoms with E-state index < -0.39 is 0 Å². The molecular weight excluding hydrogens is 214 g/mol. The molecule has 0 fully saturated rings. The van der Waals surface area contributed by atoms with Gasteiger partial charge in [-0.2, -0.15) is 5.26 Å². The van der Waals surface area contributed by atoms with E-state index in [0.717, 1.165) is 13.0 Å². The minimum atomic E-state index is -0.126. The first-order chi connectivity index (χ1) is 8.31. The maximum atomic E-state index is 11.2. The molecule has 0 spiro atoms. The van der Waals surface area contributed by atoms with Crippen LogP contribution in [0.4, 0.5) is 0 Å². The highest BCUT2D eigenvalue weighted by molar-refractivity contribution is 5.78. The van der Waals surface area contributed by atoms with Crippen molar-refractivity contribution in [1.29, 1.82) is 5.26 Å². The largest absolute Gasteiger partial charge is 0.342 e. The lowest BCUT2D eigenvalue weighted by molar-refractivity contribution is -0.120. The van der Waals surface area contributed by atoms with Crippen LogP contribution in [0.1, 0.15) is 17.0 Å². The summed E-state index contributed by atoms with van der Waals surface area (Å²) < 4.78 is 0. The Hall–Kier alpha value is -1.86. The van der Waals surface area contributed by atoms with Crippen LogP contribution in [0.5, 0.6) is 0 Å². The Bertz CT molecular complexity index is 450. The topological polar surface area (TPSA) is 64.9 Å². The van der Waals surface area contributed by atoms with E-state index in [4.69, 9.17) is 5.26 Å². The average molecular weight is 229 g/mol. The minimum absolute atomic E-state index is 0.0762. The fourth-order valence-electron chi connectivity index (χ4n) is 2.11. The monoisotopic (exact) mass is 229 g/mol. The van der Waals surface area contributed by atoms with Crippen LogP contribution in [0.3, 0.4) is 0 Å². The molecule has 1 aliphatic carbocycles. The number of nitrogens with one attached hydrogen (secondary N) is 2. The summed E-state index contributed by atoms with van der Waals surface area (Å²) in [4.78, 5) is 11.2. The Kier molecular flexibility index (Phi) is 3.73. The van der Waals surface area contributed by atoms with Crippen LogP contribution >= 0.6 is 0 Å². The molecule has 2 N–H and O–H groups in total. The van der Waals surface area contributed by atoms with Gasteiger partial charge in [-0.1, -0.05) is 24.3 Å². The quantitative estimate of drug-likeness (QED) is 0.725. The van der Waals surface area contributed by atoms with Crippen LogP contribution in [0.2, 0.25) is 0 Å². The van der Waals surface area contributed by atoms with Gasteiger partial charge in [0.25, 0.3) is 0 Å². The van der Waals surface area contributed by atoms with E-state index in [1.807, 2.05) is 12.1 Å². The molecule has 1 aliphatic rings. The van der Waals surface area contributed by atoms with Crippen LogP contribution in [-0.4, -0.2) is 25.5 Å². The first kappa shape index (κ1) is 11.6. The number of hydrogen-bond acceptors (Lipinski definition) is 3. The fourth-order valence-corrected chi connectivity index (χ4v) is 2.11. The van der Waals surface area contributed by atoms with Crippen molar-refractivity contribution >= 4 is 5.91 Å². The summed E-state index contributed by atoms with van der Waals surface area (Å²) in [5.74, 6) is 0.397. The summed E-state index contributed by atoms with van der Waals surface area (Å²) in [6.07, 6.45) is 1.09. The number of amides is 1. The fraction of sp³-hybridized carbons (Fsp3) is 0.385. The van der Waals surface area contributed by atoms with E-state index in [9.17, 15) is 4.79 Å². The second-order valence-electron chi connectivity index (χ2n) is 4.17. The third kappa shape index (κ3) is 2.83. The van der Waals surface area contributed by atoms with Crippen molar-refractivity contribution in [3.05, 3.63) is 35.4 Å². The van der Waals surface area contributed by atoms with Gasteiger partial charge in [0.1, 0.15) is 6.54 Å². The number of carbonyl (C=O) groups excluding carboxylic acids is 1. The highest BCUT2D eigenvalue weighted by atomic mass is 16.1. The number of hydrogen-bond donors (Lipinski definition) is 2. The normalized spacial score (nSPS) is 16.5. The summed E-state index contributed by atoms with van der Waals surface area (Å²) in [6.45, 7) is 1.17. The van der Waals surface area contributed by atoms with E-state index in [0.29, 0.717) is 5.92 Å². The third-order valence-electron chi connectivity index (χ3n) is 3.00. The van der Waals surface area contributed by atoms with E-state index >= 15 is 0 Å². The Balaban J connectivity index is 1.68. The average Bonchev–Trinajstić information content (AvgIpc) is 2.32. The first-order valence-electron chi connectivity index (χ1n) is 5.73. The zero-order valence-corrected chi connectivity index (χ0v) is 9.57. The van der Waals surface area contributed by atoms with Gasteiger partial charge in [0, 0.05) is 12.5 Å². The molecule has 0 aromatic heterocycles. The van der Waals surface area contributed by atoms with Crippen molar-refractivity contribution in [2.24, 2.45) is 0 Å². The lowest BCUT2D eigenvalue weighted by atomic mass is 9.78. The number of nitriles is 1. The van der Waals surface area contributed by atoms with Crippen molar-refractivity contribution in [3.63, 3.8) is 0 Å². The van der Waals surface area contributed by atoms with Gasteiger partial charge in [-0.15, -0.1) is 0 Å². The molecule has 1 aromatic carbocycles. The molecule has 4 heteroatoms. The van der Waals surface area contributed by atoms with Gasteiger partial charge in [-0.3, -0.25) is 4.79 Å². The summed E-state index contributed by atoms with van der Waals surface area (Å²) in [6, 6.07) is 10.3. The molecule has 1 aromatic rings. The maximum absolute atomic E-state index is 11.2. The van der Waals surface area contributed by atoms with Crippen LogP contribution in [0.25, 0.3) is 0 Å². The second kappa shape index (κ2) is 5.46. The lowest BCUT2D eigenvalue weighted by Crippen LogP contribution is -2.37. The van der Waals surface area contributed by atoms with E-state index in [1.54, 1.807) is 0 Å². The van der Waals surface area contributed by atoms with E-state index in [2.05, 4.69) is 28.8 Å². The Morgan fingerprint density at radius 3 is 3.06 bits per heavy atom. The second-order valence-corrected chi connectivity index (χ2v) is 4.17. The van der Waals surface area contributed by atoms with Crippen molar-refractivity contribution in [2.45, 2.75) is 12.3 Å². The smallest absolute Gasteiger partial charge is 0.234 e. The number of benzene rings is 1. The van der Waals surface area contributed by atoms with Gasteiger partial charge in [0.05, 0.1) is 12.6 Å². The molecule has 88 valence electrons. The molecule has 0 saturated carbocycles. The molecule has 0 saturated heterocycles. The van der Waals surface area contributed by atoms with Crippen LogP contribution in [-0.2, 0) is 11.2 Å². The molecule has 17 heavy (non-hydrogen) atoms. The van der Waals surface area contributed by atoms with Crippen molar-refractivity contribution in [3.8, 4) is 6.07 Å². The molecule has 0 radical (unpaired) electrons. The van der Waals surface area contributed by atoms with Gasteiger partial charge in [0.2, 0.25) is 5.91 Å². The Morgan fingerprint density at radius 2 is 2.29 bits per heavy atom. The molecule has 1 atom stereocenters. The highest BCUT2D eigenvalue weighted by Crippen LogP contribution is 2.33. The molecule has 1 amide bonds. The van der Waals surface area contributed by atoms with Crippen LogP contribution in [0.15, 0.2) is 24.3 Å². The summed E-state index contributed by atoms with van der Waals surface area (Å²) in [5.41, 5.74) is 2.80. The lowest BCUT2D eigenvalue weighted by Gasteiger charge is -2.30. The number of nitrogens with zero attached hydrogens (tertiary/aromatic N) is 1. The third-order valence-corrected chi connectivity index (χ3v) is 3.00. The van der Waals surface area contributed by atoms with Crippen molar-refractivity contribution < 1.29 is 4.79 Å². The number of fused-ring (bicyclic) bond motifs is 1. The van der Waals surface area contributed by atoms with Crippen molar-refractivity contribution in [1.82, 2.24) is 10.6 Å². The molecule has 0 aliphatic heterocycles. The van der Waals surface area contributed by atoms with E-state index in [1.165, 1.54) is 11.1 Å². The van der Waals surface area contributed by atoms with Gasteiger partial charge in [0.15, 0.2) is 0 Å². The molecular formula is C13H15N3O. The first-order valence-corrected chi connectivity index (χ1v) is 5.73. The SMILES string of the molecule is N#CCNC(=O)CNCC1Cc2ccccc21. The standard InChI is InChI=1S/C13H15N3O/c14-5-6-16-13(17)9-15-8-11-7-10-3-1-2-4-12(10)11/h1-4,11,15H,6-9H2,(H,16,17). The summed E-state index contributed by atoms with van der Waals surface area (Å²) in [7, 11) is 0. The number of carbonyl (C=O) groups is 1. The predicted molar refractivity (Wildman–Crippen MR) is 64.4 cm³/mol. The number of rotatable bonds is 5. The summed E-state index contributed by atoms with van der Waals surface area (Å²) in [5, 5.41) is 13.9. The van der Waals surface area contributed by atoms with Crippen LogP contribution in [0, 0.1) is 11.3 Å². The highest BCUT2D eigenvalue weighted by Gasteiger charge is 2.24. The molecule has 2 rings (SSSR count). The van der Waals surface area contributed by atoms with E-state index in [-0.39, 0.29) is 19.0 Å². The molecule has 1 unspecified atom stereocenters. The van der Waals surface area contributed by atoms with Crippen molar-refractivity contribution in [2.75, 3.05) is 19.6 Å². The minimum Gasteiger partial charge on any atom is -0.342 e. The van der Waals surface area contributed by atoms with Crippen LogP contribution < -0.4 is 10.6 Å². The van der Waals surface area contributed by atoms with Gasteiger partial charge in [-0.05, 0) is 17.5 Å².